The van der Waals surface area contributed by atoms with E-state index < -0.39 is 0 Å². The van der Waals surface area contributed by atoms with Crippen LogP contribution in [0.5, 0.6) is 5.75 Å². The van der Waals surface area contributed by atoms with Gasteiger partial charge in [-0.1, -0.05) is 16.8 Å². The highest BCUT2D eigenvalue weighted by Gasteiger charge is 2.18. The first-order chi connectivity index (χ1) is 12.4. The zero-order chi connectivity index (χ0) is 18.7. The molecule has 0 bridgehead atoms. The van der Waals surface area contributed by atoms with Crippen LogP contribution < -0.4 is 4.74 Å². The number of halogens is 1. The molecule has 0 spiro atoms. The van der Waals surface area contributed by atoms with E-state index in [4.69, 9.17) is 20.9 Å². The quantitative estimate of drug-likeness (QED) is 0.628. The molecule has 136 valence electrons. The molecule has 0 aliphatic carbocycles. The molecule has 0 aliphatic rings. The molecule has 26 heavy (non-hydrogen) atoms. The number of aromatic nitrogens is 2. The van der Waals surface area contributed by atoms with Gasteiger partial charge in [0.15, 0.2) is 11.5 Å². The smallest absolute Gasteiger partial charge is 0.276 e. The van der Waals surface area contributed by atoms with E-state index in [0.29, 0.717) is 18.1 Å². The van der Waals surface area contributed by atoms with Crippen LogP contribution in [0, 0.1) is 13.8 Å². The summed E-state index contributed by atoms with van der Waals surface area (Å²) in [4.78, 5) is 18.1. The van der Waals surface area contributed by atoms with Crippen LogP contribution in [0.4, 0.5) is 0 Å². The van der Waals surface area contributed by atoms with Gasteiger partial charge in [-0.3, -0.25) is 4.79 Å². The predicted molar refractivity (Wildman–Crippen MR) is 99.7 cm³/mol. The second kappa shape index (κ2) is 7.88. The molecule has 1 aromatic carbocycles. The lowest BCUT2D eigenvalue weighted by Gasteiger charge is -2.13. The zero-order valence-corrected chi connectivity index (χ0v) is 16.2. The average molecular weight is 392 g/mol. The Bertz CT molecular complexity index is 885. The Morgan fingerprint density at radius 1 is 1.31 bits per heavy atom. The van der Waals surface area contributed by atoms with E-state index in [2.05, 4.69) is 10.1 Å². The molecule has 0 radical (unpaired) electrons. The van der Waals surface area contributed by atoms with E-state index >= 15 is 0 Å². The van der Waals surface area contributed by atoms with Crippen molar-refractivity contribution in [2.75, 3.05) is 7.05 Å². The van der Waals surface area contributed by atoms with Crippen molar-refractivity contribution in [1.82, 2.24) is 15.0 Å². The van der Waals surface area contributed by atoms with E-state index in [0.717, 1.165) is 21.2 Å². The summed E-state index contributed by atoms with van der Waals surface area (Å²) in [5.41, 5.74) is 2.13. The molecule has 2 aromatic heterocycles. The minimum Gasteiger partial charge on any atom is -0.486 e. The molecule has 0 saturated heterocycles. The highest BCUT2D eigenvalue weighted by molar-refractivity contribution is 7.09. The summed E-state index contributed by atoms with van der Waals surface area (Å²) < 4.78 is 10.9. The van der Waals surface area contributed by atoms with Gasteiger partial charge in [-0.15, -0.1) is 11.3 Å². The van der Waals surface area contributed by atoms with Crippen molar-refractivity contribution in [2.45, 2.75) is 27.0 Å². The molecule has 0 unspecified atom stereocenters. The number of hydrogen-bond donors (Lipinski definition) is 0. The summed E-state index contributed by atoms with van der Waals surface area (Å²) in [6.07, 6.45) is 1.71. The van der Waals surface area contributed by atoms with Crippen molar-refractivity contribution in [3.8, 4) is 5.75 Å². The Hall–Kier alpha value is -2.38. The number of aryl methyl sites for hydroxylation is 2. The lowest BCUT2D eigenvalue weighted by molar-refractivity contribution is 0.0774. The molecule has 1 amide bonds. The van der Waals surface area contributed by atoms with Crippen LogP contribution in [0.1, 0.15) is 32.4 Å². The van der Waals surface area contributed by atoms with Crippen LogP contribution in [0.25, 0.3) is 0 Å². The third kappa shape index (κ3) is 4.23. The molecule has 0 atom stereocenters. The number of carbonyl (C=O) groups is 1. The monoisotopic (exact) mass is 391 g/mol. The second-order valence-electron chi connectivity index (χ2n) is 5.93. The lowest BCUT2D eigenvalue weighted by atomic mass is 10.1. The van der Waals surface area contributed by atoms with Gasteiger partial charge < -0.3 is 14.2 Å². The van der Waals surface area contributed by atoms with E-state index in [-0.39, 0.29) is 18.2 Å². The number of nitrogens with zero attached hydrogens (tertiary/aromatic N) is 3. The minimum atomic E-state index is -0.228. The standard InChI is InChI=1S/C18H18ClN3O3S/c1-11-6-13(7-12(2)17(11)19)24-10-14-8-15(21-25-14)18(23)22(3)9-16-20-4-5-26-16/h4-8H,9-10H2,1-3H3. The van der Waals surface area contributed by atoms with Gasteiger partial charge in [0, 0.05) is 29.7 Å². The topological polar surface area (TPSA) is 68.5 Å². The summed E-state index contributed by atoms with van der Waals surface area (Å²) in [5, 5.41) is 7.31. The van der Waals surface area contributed by atoms with Gasteiger partial charge in [-0.05, 0) is 37.1 Å². The van der Waals surface area contributed by atoms with Crippen LogP contribution >= 0.6 is 22.9 Å². The molecular formula is C18H18ClN3O3S. The summed E-state index contributed by atoms with van der Waals surface area (Å²) in [5.74, 6) is 0.934. The van der Waals surface area contributed by atoms with E-state index in [1.165, 1.54) is 11.3 Å². The number of hydrogen-bond acceptors (Lipinski definition) is 6. The maximum Gasteiger partial charge on any atom is 0.276 e. The van der Waals surface area contributed by atoms with Crippen LogP contribution in [0.2, 0.25) is 5.02 Å². The van der Waals surface area contributed by atoms with Crippen LogP contribution in [-0.4, -0.2) is 28.0 Å². The summed E-state index contributed by atoms with van der Waals surface area (Å²) >= 11 is 7.66. The first-order valence-electron chi connectivity index (χ1n) is 7.93. The summed E-state index contributed by atoms with van der Waals surface area (Å²) in [6, 6.07) is 5.31. The van der Waals surface area contributed by atoms with Gasteiger partial charge in [0.05, 0.1) is 6.54 Å². The van der Waals surface area contributed by atoms with Gasteiger partial charge in [0.1, 0.15) is 17.4 Å². The van der Waals surface area contributed by atoms with Gasteiger partial charge in [0.25, 0.3) is 5.91 Å². The molecule has 0 saturated carbocycles. The number of thiazole rings is 1. The molecule has 8 heteroatoms. The SMILES string of the molecule is Cc1cc(OCc2cc(C(=O)N(C)Cc3nccs3)no2)cc(C)c1Cl. The van der Waals surface area contributed by atoms with E-state index in [9.17, 15) is 4.79 Å². The Balaban J connectivity index is 1.61. The largest absolute Gasteiger partial charge is 0.486 e. The fourth-order valence-electron chi connectivity index (χ4n) is 2.43. The highest BCUT2D eigenvalue weighted by Crippen LogP contribution is 2.26. The van der Waals surface area contributed by atoms with Crippen LogP contribution in [-0.2, 0) is 13.2 Å². The Labute approximate surface area is 160 Å². The average Bonchev–Trinajstić information content (AvgIpc) is 3.28. The van der Waals surface area contributed by atoms with E-state index in [1.54, 1.807) is 24.2 Å². The van der Waals surface area contributed by atoms with Gasteiger partial charge in [0.2, 0.25) is 0 Å². The molecule has 6 nitrogen and oxygen atoms in total. The van der Waals surface area contributed by atoms with Crippen molar-refractivity contribution >= 4 is 28.8 Å². The first-order valence-corrected chi connectivity index (χ1v) is 9.18. The first kappa shape index (κ1) is 18.4. The normalized spacial score (nSPS) is 10.8. The third-order valence-electron chi connectivity index (χ3n) is 3.77. The zero-order valence-electron chi connectivity index (χ0n) is 14.7. The van der Waals surface area contributed by atoms with Crippen molar-refractivity contribution in [2.24, 2.45) is 0 Å². The van der Waals surface area contributed by atoms with E-state index in [1.807, 2.05) is 31.4 Å². The number of ether oxygens (including phenoxy) is 1. The van der Waals surface area contributed by atoms with Crippen molar-refractivity contribution < 1.29 is 14.1 Å². The Kier molecular flexibility index (Phi) is 5.58. The van der Waals surface area contributed by atoms with Crippen LogP contribution in [0.3, 0.4) is 0 Å². The van der Waals surface area contributed by atoms with Gasteiger partial charge in [-0.2, -0.15) is 0 Å². The lowest BCUT2D eigenvalue weighted by Crippen LogP contribution is -2.26. The molecule has 2 heterocycles. The number of amides is 1. The van der Waals surface area contributed by atoms with Crippen LogP contribution in [0.15, 0.2) is 34.3 Å². The summed E-state index contributed by atoms with van der Waals surface area (Å²) in [7, 11) is 1.70. The molecule has 0 aliphatic heterocycles. The molecule has 3 rings (SSSR count). The molecule has 3 aromatic rings. The molecule has 0 N–H and O–H groups in total. The fraction of sp³-hybridized carbons (Fsp3) is 0.278. The van der Waals surface area contributed by atoms with Gasteiger partial charge in [-0.25, -0.2) is 4.98 Å². The number of rotatable bonds is 6. The third-order valence-corrected chi connectivity index (χ3v) is 5.13. The van der Waals surface area contributed by atoms with Crippen molar-refractivity contribution in [3.05, 3.63) is 62.4 Å². The molecular weight excluding hydrogens is 374 g/mol. The number of benzene rings is 1. The summed E-state index contributed by atoms with van der Waals surface area (Å²) in [6.45, 7) is 4.45. The van der Waals surface area contributed by atoms with Crippen molar-refractivity contribution in [1.29, 1.82) is 0 Å². The maximum atomic E-state index is 12.4. The van der Waals surface area contributed by atoms with Gasteiger partial charge >= 0.3 is 0 Å². The number of carbonyl (C=O) groups excluding carboxylic acids is 1. The Morgan fingerprint density at radius 3 is 2.69 bits per heavy atom. The molecule has 0 fully saturated rings. The van der Waals surface area contributed by atoms with Crippen molar-refractivity contribution in [3.63, 3.8) is 0 Å². The predicted octanol–water partition coefficient (Wildman–Crippen LogP) is 4.25. The maximum absolute atomic E-state index is 12.4. The Morgan fingerprint density at radius 2 is 2.04 bits per heavy atom. The second-order valence-corrected chi connectivity index (χ2v) is 7.28. The fourth-order valence-corrected chi connectivity index (χ4v) is 3.20. The minimum absolute atomic E-state index is 0.178. The highest BCUT2D eigenvalue weighted by atomic mass is 35.5.